The Hall–Kier alpha value is -1.95. The summed E-state index contributed by atoms with van der Waals surface area (Å²) in [6.07, 6.45) is 12.8. The zero-order valence-corrected chi connectivity index (χ0v) is 15.3. The number of imidazole rings is 1. The van der Waals surface area contributed by atoms with Gasteiger partial charge >= 0.3 is 0 Å². The number of carbonyl (C=O) groups excluding carboxylic acids is 1. The van der Waals surface area contributed by atoms with Crippen molar-refractivity contribution < 1.29 is 4.79 Å². The molecular formula is C20H27N5O. The molecule has 0 radical (unpaired) electrons. The molecule has 6 nitrogen and oxygen atoms in total. The third-order valence-electron chi connectivity index (χ3n) is 6.29. The van der Waals surface area contributed by atoms with E-state index in [1.54, 1.807) is 6.20 Å². The number of piperazine rings is 1. The minimum atomic E-state index is 0.101. The van der Waals surface area contributed by atoms with Gasteiger partial charge in [0.2, 0.25) is 0 Å². The van der Waals surface area contributed by atoms with Crippen LogP contribution in [0.15, 0.2) is 18.6 Å². The van der Waals surface area contributed by atoms with Gasteiger partial charge in [-0.3, -0.25) is 9.69 Å². The fourth-order valence-corrected chi connectivity index (χ4v) is 4.57. The normalized spacial score (nSPS) is 22.8. The van der Waals surface area contributed by atoms with Crippen LogP contribution in [-0.2, 0) is 0 Å². The first-order valence-electron chi connectivity index (χ1n) is 10.2. The topological polar surface area (TPSA) is 54.3 Å². The maximum Gasteiger partial charge on any atom is 0.255 e. The van der Waals surface area contributed by atoms with Gasteiger partial charge in [0.05, 0.1) is 11.9 Å². The lowest BCUT2D eigenvalue weighted by Gasteiger charge is -2.40. The van der Waals surface area contributed by atoms with E-state index in [1.165, 1.54) is 44.9 Å². The van der Waals surface area contributed by atoms with Crippen molar-refractivity contribution in [2.45, 2.75) is 57.0 Å². The van der Waals surface area contributed by atoms with Gasteiger partial charge in [-0.25, -0.2) is 9.97 Å². The number of nitrogens with zero attached hydrogens (tertiary/aromatic N) is 5. The number of rotatable bonds is 3. The molecule has 2 aliphatic carbocycles. The lowest BCUT2D eigenvalue weighted by Crippen LogP contribution is -2.52. The Morgan fingerprint density at radius 3 is 2.42 bits per heavy atom. The maximum atomic E-state index is 12.9. The van der Waals surface area contributed by atoms with E-state index in [4.69, 9.17) is 0 Å². The quantitative estimate of drug-likeness (QED) is 0.851. The van der Waals surface area contributed by atoms with Gasteiger partial charge in [0.25, 0.3) is 5.91 Å². The molecule has 6 heteroatoms. The van der Waals surface area contributed by atoms with Crippen LogP contribution in [0, 0.1) is 0 Å². The van der Waals surface area contributed by atoms with Crippen LogP contribution in [0.1, 0.15) is 61.3 Å². The van der Waals surface area contributed by atoms with Crippen LogP contribution in [0.4, 0.5) is 0 Å². The maximum absolute atomic E-state index is 12.9. The van der Waals surface area contributed by atoms with Gasteiger partial charge in [0.15, 0.2) is 5.65 Å². The van der Waals surface area contributed by atoms with Crippen molar-refractivity contribution in [2.24, 2.45) is 0 Å². The van der Waals surface area contributed by atoms with Gasteiger partial charge in [-0.1, -0.05) is 19.3 Å². The van der Waals surface area contributed by atoms with E-state index < -0.39 is 0 Å². The van der Waals surface area contributed by atoms with E-state index in [-0.39, 0.29) is 5.91 Å². The van der Waals surface area contributed by atoms with Crippen molar-refractivity contribution in [1.29, 1.82) is 0 Å². The average molecular weight is 353 g/mol. The summed E-state index contributed by atoms with van der Waals surface area (Å²) in [5, 5.41) is 0. The number of hydrogen-bond acceptors (Lipinski definition) is 4. The smallest absolute Gasteiger partial charge is 0.255 e. The van der Waals surface area contributed by atoms with Crippen LogP contribution in [-0.4, -0.2) is 62.5 Å². The van der Waals surface area contributed by atoms with E-state index >= 15 is 0 Å². The van der Waals surface area contributed by atoms with Crippen LogP contribution in [0.3, 0.4) is 0 Å². The molecule has 5 rings (SSSR count). The first kappa shape index (κ1) is 16.2. The molecule has 0 N–H and O–H groups in total. The fourth-order valence-electron chi connectivity index (χ4n) is 4.57. The molecule has 0 unspecified atom stereocenters. The first-order chi connectivity index (χ1) is 12.8. The summed E-state index contributed by atoms with van der Waals surface area (Å²) in [6.45, 7) is 3.65. The minimum absolute atomic E-state index is 0.101. The Morgan fingerprint density at radius 2 is 1.69 bits per heavy atom. The molecule has 1 aliphatic heterocycles. The number of pyridine rings is 1. The molecule has 3 heterocycles. The van der Waals surface area contributed by atoms with Gasteiger partial charge in [-0.05, 0) is 31.7 Å². The predicted octanol–water partition coefficient (Wildman–Crippen LogP) is 2.86. The summed E-state index contributed by atoms with van der Waals surface area (Å²) in [5.41, 5.74) is 2.42. The van der Waals surface area contributed by atoms with E-state index in [0.717, 1.165) is 43.4 Å². The molecule has 26 heavy (non-hydrogen) atoms. The highest BCUT2D eigenvalue weighted by Gasteiger charge is 2.29. The van der Waals surface area contributed by atoms with Crippen LogP contribution in [0.25, 0.3) is 11.2 Å². The highest BCUT2D eigenvalue weighted by Crippen LogP contribution is 2.36. The number of fused-ring (bicyclic) bond motifs is 1. The minimum Gasteiger partial charge on any atom is -0.336 e. The molecule has 3 fully saturated rings. The third-order valence-corrected chi connectivity index (χ3v) is 6.29. The molecule has 0 aromatic carbocycles. The summed E-state index contributed by atoms with van der Waals surface area (Å²) < 4.78 is 2.15. The second-order valence-corrected chi connectivity index (χ2v) is 8.07. The monoisotopic (exact) mass is 353 g/mol. The van der Waals surface area contributed by atoms with Crippen LogP contribution in [0.5, 0.6) is 0 Å². The second kappa shape index (κ2) is 6.65. The molecule has 0 spiro atoms. The first-order valence-corrected chi connectivity index (χ1v) is 10.2. The number of carbonyl (C=O) groups is 1. The number of hydrogen-bond donors (Lipinski definition) is 0. The van der Waals surface area contributed by atoms with E-state index in [9.17, 15) is 4.79 Å². The summed E-state index contributed by atoms with van der Waals surface area (Å²) in [6, 6.07) is 3.21. The van der Waals surface area contributed by atoms with Crippen molar-refractivity contribution in [1.82, 2.24) is 24.3 Å². The Labute approximate surface area is 154 Å². The Kier molecular flexibility index (Phi) is 4.15. The highest BCUT2D eigenvalue weighted by atomic mass is 16.2. The Balaban J connectivity index is 1.26. The predicted molar refractivity (Wildman–Crippen MR) is 100 cm³/mol. The van der Waals surface area contributed by atoms with E-state index in [1.807, 2.05) is 17.3 Å². The standard InChI is InChI=1S/C20H27N5O/c26-20(24-10-8-23(9-11-24)16-4-2-1-3-5-16)15-12-18-19(21-13-15)25(14-22-18)17-6-7-17/h12-14,16-17H,1-11H2. The van der Waals surface area contributed by atoms with Crippen molar-refractivity contribution >= 4 is 17.1 Å². The summed E-state index contributed by atoms with van der Waals surface area (Å²) in [7, 11) is 0. The second-order valence-electron chi connectivity index (χ2n) is 8.07. The van der Waals surface area contributed by atoms with Crippen LogP contribution in [0.2, 0.25) is 0 Å². The van der Waals surface area contributed by atoms with Crippen molar-refractivity contribution in [3.8, 4) is 0 Å². The van der Waals surface area contributed by atoms with Gasteiger partial charge in [0, 0.05) is 44.5 Å². The lowest BCUT2D eigenvalue weighted by molar-refractivity contribution is 0.0523. The highest BCUT2D eigenvalue weighted by molar-refractivity contribution is 5.96. The summed E-state index contributed by atoms with van der Waals surface area (Å²) in [5.74, 6) is 0.101. The zero-order chi connectivity index (χ0) is 17.5. The Bertz CT molecular complexity index is 798. The van der Waals surface area contributed by atoms with Gasteiger partial charge < -0.3 is 9.47 Å². The average Bonchev–Trinajstić information content (AvgIpc) is 3.47. The van der Waals surface area contributed by atoms with Crippen molar-refractivity contribution in [3.63, 3.8) is 0 Å². The van der Waals surface area contributed by atoms with E-state index in [0.29, 0.717) is 11.6 Å². The molecule has 2 saturated carbocycles. The van der Waals surface area contributed by atoms with Crippen molar-refractivity contribution in [2.75, 3.05) is 26.2 Å². The third kappa shape index (κ3) is 3.00. The molecular weight excluding hydrogens is 326 g/mol. The van der Waals surface area contributed by atoms with E-state index in [2.05, 4.69) is 19.4 Å². The SMILES string of the molecule is O=C(c1cnc2c(c1)ncn2C1CC1)N1CCN(C2CCCCC2)CC1. The molecule has 0 bridgehead atoms. The largest absolute Gasteiger partial charge is 0.336 e. The molecule has 2 aromatic heterocycles. The zero-order valence-electron chi connectivity index (χ0n) is 15.3. The number of amides is 1. The molecule has 1 saturated heterocycles. The lowest BCUT2D eigenvalue weighted by atomic mass is 9.94. The fraction of sp³-hybridized carbons (Fsp3) is 0.650. The molecule has 2 aromatic rings. The van der Waals surface area contributed by atoms with Crippen LogP contribution >= 0.6 is 0 Å². The summed E-state index contributed by atoms with van der Waals surface area (Å²) >= 11 is 0. The molecule has 138 valence electrons. The van der Waals surface area contributed by atoms with Gasteiger partial charge in [-0.2, -0.15) is 0 Å². The van der Waals surface area contributed by atoms with Crippen LogP contribution < -0.4 is 0 Å². The molecule has 3 aliphatic rings. The molecule has 0 atom stereocenters. The molecule has 1 amide bonds. The van der Waals surface area contributed by atoms with Gasteiger partial charge in [-0.15, -0.1) is 0 Å². The van der Waals surface area contributed by atoms with Crippen molar-refractivity contribution in [3.05, 3.63) is 24.2 Å². The Morgan fingerprint density at radius 1 is 0.923 bits per heavy atom. The number of aromatic nitrogens is 3. The van der Waals surface area contributed by atoms with Gasteiger partial charge in [0.1, 0.15) is 5.52 Å². The summed E-state index contributed by atoms with van der Waals surface area (Å²) in [4.78, 5) is 26.5.